The third-order valence-corrected chi connectivity index (χ3v) is 5.02. The maximum Gasteiger partial charge on any atom is 0.314 e. The van der Waals surface area contributed by atoms with Crippen molar-refractivity contribution in [2.24, 2.45) is 11.0 Å². The minimum atomic E-state index is -0.318. The predicted molar refractivity (Wildman–Crippen MR) is 97.2 cm³/mol. The second-order valence-corrected chi connectivity index (χ2v) is 6.81. The average Bonchev–Trinajstić information content (AvgIpc) is 3.03. The molecule has 130 valence electrons. The highest BCUT2D eigenvalue weighted by atomic mass is 35.5. The van der Waals surface area contributed by atoms with Crippen molar-refractivity contribution < 1.29 is 14.3 Å². The number of amides is 1. The molecule has 1 atom stereocenters. The standard InChI is InChI=1S/C17H21ClN2O3S/c1-2-23-17(22)13-7-5-9-15(13)19-20-16(21)11-24-10-12-6-3-4-8-14(12)18/h3-4,6,8,13H,2,5,7,9-11H2,1H3,(H,20,21)/b19-15-/t13-/m1/s1. The molecule has 1 saturated carbocycles. The average molecular weight is 369 g/mol. The number of hydrazone groups is 1. The largest absolute Gasteiger partial charge is 0.465 e. The van der Waals surface area contributed by atoms with Crippen LogP contribution in [0, 0.1) is 5.92 Å². The number of nitrogens with one attached hydrogen (secondary N) is 1. The van der Waals surface area contributed by atoms with Gasteiger partial charge < -0.3 is 4.74 Å². The van der Waals surface area contributed by atoms with E-state index in [0.29, 0.717) is 23.1 Å². The molecule has 1 aliphatic carbocycles. The highest BCUT2D eigenvalue weighted by Crippen LogP contribution is 2.24. The molecule has 0 bridgehead atoms. The van der Waals surface area contributed by atoms with Crippen molar-refractivity contribution in [1.29, 1.82) is 0 Å². The first kappa shape index (κ1) is 18.8. The molecular weight excluding hydrogens is 348 g/mol. The number of carbonyl (C=O) groups excluding carboxylic acids is 2. The van der Waals surface area contributed by atoms with Crippen molar-refractivity contribution in [3.63, 3.8) is 0 Å². The van der Waals surface area contributed by atoms with E-state index in [1.807, 2.05) is 24.3 Å². The fraction of sp³-hybridized carbons (Fsp3) is 0.471. The molecule has 0 aliphatic heterocycles. The van der Waals surface area contributed by atoms with Crippen LogP contribution in [0.4, 0.5) is 0 Å². The van der Waals surface area contributed by atoms with Crippen LogP contribution in [0.2, 0.25) is 5.02 Å². The van der Waals surface area contributed by atoms with Crippen LogP contribution >= 0.6 is 23.4 Å². The van der Waals surface area contributed by atoms with Crippen molar-refractivity contribution in [2.45, 2.75) is 31.9 Å². The molecule has 1 aliphatic rings. The zero-order valence-electron chi connectivity index (χ0n) is 13.6. The minimum absolute atomic E-state index is 0.186. The Kier molecular flexibility index (Phi) is 7.59. The number of rotatable bonds is 7. The molecular formula is C17H21ClN2O3S. The van der Waals surface area contributed by atoms with Crippen LogP contribution in [0.25, 0.3) is 0 Å². The Morgan fingerprint density at radius 3 is 2.96 bits per heavy atom. The fourth-order valence-electron chi connectivity index (χ4n) is 2.49. The maximum atomic E-state index is 11.9. The van der Waals surface area contributed by atoms with Crippen LogP contribution in [0.15, 0.2) is 29.4 Å². The van der Waals surface area contributed by atoms with E-state index >= 15 is 0 Å². The molecule has 7 heteroatoms. The van der Waals surface area contributed by atoms with Gasteiger partial charge in [0.15, 0.2) is 0 Å². The van der Waals surface area contributed by atoms with Gasteiger partial charge in [0.05, 0.1) is 24.0 Å². The monoisotopic (exact) mass is 368 g/mol. The number of ether oxygens (including phenoxy) is 1. The summed E-state index contributed by atoms with van der Waals surface area (Å²) in [5.74, 6) is 0.187. The second-order valence-electron chi connectivity index (χ2n) is 5.42. The lowest BCUT2D eigenvalue weighted by Gasteiger charge is -2.10. The van der Waals surface area contributed by atoms with Gasteiger partial charge in [-0.15, -0.1) is 11.8 Å². The van der Waals surface area contributed by atoms with Crippen molar-refractivity contribution in [2.75, 3.05) is 12.4 Å². The maximum absolute atomic E-state index is 11.9. The molecule has 1 amide bonds. The van der Waals surface area contributed by atoms with Crippen LogP contribution in [-0.2, 0) is 20.1 Å². The smallest absolute Gasteiger partial charge is 0.314 e. The molecule has 0 heterocycles. The third-order valence-electron chi connectivity index (χ3n) is 3.67. The Hall–Kier alpha value is -1.53. The molecule has 2 rings (SSSR count). The molecule has 0 spiro atoms. The normalized spacial score (nSPS) is 18.6. The molecule has 0 radical (unpaired) electrons. The van der Waals surface area contributed by atoms with E-state index in [2.05, 4.69) is 10.5 Å². The van der Waals surface area contributed by atoms with Crippen molar-refractivity contribution in [3.8, 4) is 0 Å². The van der Waals surface area contributed by atoms with E-state index in [1.54, 1.807) is 6.92 Å². The Balaban J connectivity index is 1.78. The molecule has 0 aromatic heterocycles. The zero-order chi connectivity index (χ0) is 17.4. The Morgan fingerprint density at radius 2 is 2.21 bits per heavy atom. The van der Waals surface area contributed by atoms with Gasteiger partial charge in [-0.05, 0) is 37.8 Å². The van der Waals surface area contributed by atoms with Gasteiger partial charge >= 0.3 is 5.97 Å². The number of carbonyl (C=O) groups is 2. The molecule has 0 unspecified atom stereocenters. The number of esters is 1. The topological polar surface area (TPSA) is 67.8 Å². The quantitative estimate of drug-likeness (QED) is 0.591. The van der Waals surface area contributed by atoms with E-state index in [4.69, 9.17) is 16.3 Å². The van der Waals surface area contributed by atoms with Gasteiger partial charge in [0.1, 0.15) is 0 Å². The van der Waals surface area contributed by atoms with E-state index < -0.39 is 0 Å². The summed E-state index contributed by atoms with van der Waals surface area (Å²) in [6.07, 6.45) is 2.34. The number of hydrogen-bond acceptors (Lipinski definition) is 5. The van der Waals surface area contributed by atoms with E-state index in [0.717, 1.165) is 24.8 Å². The number of nitrogens with zero attached hydrogens (tertiary/aromatic N) is 1. The summed E-state index contributed by atoms with van der Waals surface area (Å²) in [5.41, 5.74) is 4.25. The van der Waals surface area contributed by atoms with Crippen molar-refractivity contribution in [1.82, 2.24) is 5.43 Å². The highest BCUT2D eigenvalue weighted by Gasteiger charge is 2.30. The van der Waals surface area contributed by atoms with Gasteiger partial charge in [0.2, 0.25) is 5.91 Å². The predicted octanol–water partition coefficient (Wildman–Crippen LogP) is 3.41. The number of thioether (sulfide) groups is 1. The number of hydrogen-bond donors (Lipinski definition) is 1. The molecule has 1 aromatic carbocycles. The Labute approximate surface area is 151 Å². The number of benzene rings is 1. The molecule has 0 saturated heterocycles. The summed E-state index contributed by atoms with van der Waals surface area (Å²) in [4.78, 5) is 23.7. The van der Waals surface area contributed by atoms with E-state index in [-0.39, 0.29) is 23.5 Å². The molecule has 1 N–H and O–H groups in total. The van der Waals surface area contributed by atoms with Crippen LogP contribution < -0.4 is 5.43 Å². The first-order chi connectivity index (χ1) is 11.6. The van der Waals surface area contributed by atoms with Crippen LogP contribution in [0.3, 0.4) is 0 Å². The van der Waals surface area contributed by atoms with E-state index in [1.165, 1.54) is 11.8 Å². The summed E-state index contributed by atoms with van der Waals surface area (Å²) in [7, 11) is 0. The van der Waals surface area contributed by atoms with Gasteiger partial charge in [0.25, 0.3) is 0 Å². The van der Waals surface area contributed by atoms with Gasteiger partial charge in [-0.25, -0.2) is 5.43 Å². The first-order valence-electron chi connectivity index (χ1n) is 7.95. The van der Waals surface area contributed by atoms with Gasteiger partial charge in [0, 0.05) is 10.8 Å². The summed E-state index contributed by atoms with van der Waals surface area (Å²) >= 11 is 7.55. The van der Waals surface area contributed by atoms with Gasteiger partial charge in [-0.2, -0.15) is 5.10 Å². The highest BCUT2D eigenvalue weighted by molar-refractivity contribution is 7.99. The van der Waals surface area contributed by atoms with Crippen LogP contribution in [0.5, 0.6) is 0 Å². The second kappa shape index (κ2) is 9.69. The minimum Gasteiger partial charge on any atom is -0.465 e. The third kappa shape index (κ3) is 5.53. The lowest BCUT2D eigenvalue weighted by Crippen LogP contribution is -2.26. The number of halogens is 1. The Bertz CT molecular complexity index is 622. The molecule has 1 fully saturated rings. The van der Waals surface area contributed by atoms with Crippen LogP contribution in [0.1, 0.15) is 31.7 Å². The van der Waals surface area contributed by atoms with Gasteiger partial charge in [-0.1, -0.05) is 29.8 Å². The molecule has 5 nitrogen and oxygen atoms in total. The van der Waals surface area contributed by atoms with Crippen molar-refractivity contribution in [3.05, 3.63) is 34.9 Å². The van der Waals surface area contributed by atoms with E-state index in [9.17, 15) is 9.59 Å². The molecule has 1 aromatic rings. The molecule has 24 heavy (non-hydrogen) atoms. The summed E-state index contributed by atoms with van der Waals surface area (Å²) in [5, 5.41) is 4.83. The van der Waals surface area contributed by atoms with Crippen molar-refractivity contribution >= 4 is 41.0 Å². The lowest BCUT2D eigenvalue weighted by molar-refractivity contribution is -0.145. The SMILES string of the molecule is CCOC(=O)[C@@H]1CCC/C1=N/NC(=O)CSCc1ccccc1Cl. The first-order valence-corrected chi connectivity index (χ1v) is 9.48. The van der Waals surface area contributed by atoms with Gasteiger partial charge in [-0.3, -0.25) is 9.59 Å². The summed E-state index contributed by atoms with van der Waals surface area (Å²) in [6.45, 7) is 2.13. The summed E-state index contributed by atoms with van der Waals surface area (Å²) < 4.78 is 5.04. The summed E-state index contributed by atoms with van der Waals surface area (Å²) in [6, 6.07) is 7.57. The van der Waals surface area contributed by atoms with Crippen LogP contribution in [-0.4, -0.2) is 29.9 Å². The Morgan fingerprint density at radius 1 is 1.42 bits per heavy atom. The fourth-order valence-corrected chi connectivity index (χ4v) is 3.60. The zero-order valence-corrected chi connectivity index (χ0v) is 15.2. The lowest BCUT2D eigenvalue weighted by atomic mass is 10.1.